The average molecular weight is 1120 g/mol. The molecular weight excluding hydrogens is 1020 g/mol. The summed E-state index contributed by atoms with van der Waals surface area (Å²) < 4.78 is 309. The Balaban J connectivity index is 0.000000183. The van der Waals surface area contributed by atoms with E-state index in [9.17, 15) is 16.4 Å². The van der Waals surface area contributed by atoms with Gasteiger partial charge in [-0.2, -0.15) is 0 Å². The summed E-state index contributed by atoms with van der Waals surface area (Å²) in [6, 6.07) is 9.87. The van der Waals surface area contributed by atoms with E-state index in [4.69, 9.17) is 34.6 Å². The third-order valence-electron chi connectivity index (χ3n) is 15.1. The summed E-state index contributed by atoms with van der Waals surface area (Å²) in [6.07, 6.45) is -0.735. The SMILES string of the molecule is [2H]c1c([2H])c(-c2c([2H])c([2H])c3c([2H])c([2H])c([2H])c([2H])c3c2[2H])c([2H])c(-c2c3c([2H])c([2H])c([2H])c([2H])c3c(Cc3c([2H])c([2H])c4c([2H])c([2H])c([2H])c([2H])c4c3[2H])c3c([2H])c([2H])c([2H])c([2H])c23)c1[2H].[2H]c1c([2H])c([2H])c2c(-c3cccc(-c4ccccc4)c3)c3c([2H])c([2H])c([2H])c([2H])c3c(Cc3cccc4oc5c6ccccc6ccc5c34)c2c1[2H]. The summed E-state index contributed by atoms with van der Waals surface area (Å²) in [7, 11) is 0. The first kappa shape index (κ1) is 26.2. The van der Waals surface area contributed by atoms with E-state index < -0.39 is 264 Å². The van der Waals surface area contributed by atoms with Crippen molar-refractivity contribution in [3.63, 3.8) is 0 Å². The van der Waals surface area contributed by atoms with E-state index in [0.717, 1.165) is 43.8 Å². The van der Waals surface area contributed by atoms with Crippen molar-refractivity contribution in [1.82, 2.24) is 0 Å². The van der Waals surface area contributed by atoms with Crippen LogP contribution in [-0.4, -0.2) is 0 Å². The quantitative estimate of drug-likeness (QED) is 0.138. The molecule has 0 amide bonds. The summed E-state index contributed by atoms with van der Waals surface area (Å²) in [5, 5.41) is 0.103. The minimum absolute atomic E-state index is 0.111. The summed E-state index contributed by atoms with van der Waals surface area (Å²) in [5.74, 6) is 0. The molecule has 1 heterocycles. The Labute approximate surface area is 541 Å². The van der Waals surface area contributed by atoms with E-state index in [2.05, 4.69) is 0 Å². The minimum Gasteiger partial charge on any atom is -0.455 e. The van der Waals surface area contributed by atoms with Crippen molar-refractivity contribution in [3.05, 3.63) is 337 Å². The van der Waals surface area contributed by atoms with Gasteiger partial charge >= 0.3 is 0 Å². The van der Waals surface area contributed by atoms with Crippen molar-refractivity contribution in [1.29, 1.82) is 0 Å². The van der Waals surface area contributed by atoms with Crippen LogP contribution in [-0.2, 0) is 12.8 Å². The first-order chi connectivity index (χ1) is 56.3. The third kappa shape index (κ3) is 8.97. The van der Waals surface area contributed by atoms with Crippen LogP contribution < -0.4 is 0 Å². The van der Waals surface area contributed by atoms with Gasteiger partial charge in [0.25, 0.3) is 0 Å². The molecule has 0 atom stereocenters. The Bertz CT molecular complexity index is 7360. The lowest BCUT2D eigenvalue weighted by Crippen LogP contribution is -1.96. The van der Waals surface area contributed by atoms with Gasteiger partial charge in [0.15, 0.2) is 0 Å². The lowest BCUT2D eigenvalue weighted by Gasteiger charge is -2.18. The molecule has 85 heavy (non-hydrogen) atoms. The fourth-order valence-electron chi connectivity index (χ4n) is 11.3. The standard InChI is InChI=1S/C43H28O.C41H28/c1-2-12-28(13-3-1)30-15-10-16-31(26-30)41-36-21-8-6-19-34(36)39(35-20-7-9-22-37(35)41)27-32-17-11-23-40-42(32)38-25-24-29-14-4-5-18-33(29)43(38)44-40;1-3-12-31-24-28(20-21-29(31)10-1)25-40-36-16-5-7-18-38(36)41(39-19-8-6-17-37(39)40)35-15-9-14-33(27-35)34-23-22-30-11-2-4-13-32(30)26-34/h1-26H,27H2;1-24,26-27H,25H2/i6D,7D,8D,9D,19D,20D,21D,22D;1D,2D,3D,4D,5D,6D,7D,8D,9D,10D,11D,12D,13D,14D,15D,16D,17D,18D,19D,20D,21D,22D,23D,24D,26D,27D. The molecule has 17 rings (SSSR count). The molecule has 1 nitrogen and oxygen atoms in total. The molecule has 0 aliphatic rings. The Hall–Kier alpha value is -10.9. The molecular formula is C84H56O. The second-order valence-electron chi connectivity index (χ2n) is 19.9. The van der Waals surface area contributed by atoms with Gasteiger partial charge in [-0.15, -0.1) is 0 Å². The van der Waals surface area contributed by atoms with Gasteiger partial charge in [-0.1, -0.05) is 284 Å². The maximum absolute atomic E-state index is 9.68. The summed E-state index contributed by atoms with van der Waals surface area (Å²) in [5.41, 5.74) is 1.34. The number of hydrogen-bond donors (Lipinski definition) is 0. The highest BCUT2D eigenvalue weighted by molar-refractivity contribution is 6.19. The smallest absolute Gasteiger partial charge is 0.143 e. The second kappa shape index (κ2) is 21.2. The molecule has 398 valence electrons. The number of rotatable bonds is 8. The molecule has 0 bridgehead atoms. The van der Waals surface area contributed by atoms with Crippen LogP contribution in [0.2, 0.25) is 0 Å². The molecule has 0 aliphatic heterocycles. The van der Waals surface area contributed by atoms with Crippen molar-refractivity contribution in [2.24, 2.45) is 0 Å². The second-order valence-corrected chi connectivity index (χ2v) is 19.9. The van der Waals surface area contributed by atoms with Gasteiger partial charge in [-0.05, 0) is 180 Å². The van der Waals surface area contributed by atoms with Crippen LogP contribution >= 0.6 is 0 Å². The number of hydrogen-bond acceptors (Lipinski definition) is 1. The van der Waals surface area contributed by atoms with E-state index >= 15 is 0 Å². The molecule has 0 radical (unpaired) electrons. The predicted molar refractivity (Wildman–Crippen MR) is 363 cm³/mol. The minimum atomic E-state index is -1.03. The molecule has 17 aromatic rings. The zero-order valence-corrected chi connectivity index (χ0v) is 44.2. The zero-order chi connectivity index (χ0) is 85.8. The van der Waals surface area contributed by atoms with Gasteiger partial charge < -0.3 is 4.42 Å². The maximum Gasteiger partial charge on any atom is 0.143 e. The maximum atomic E-state index is 9.68. The summed E-state index contributed by atoms with van der Waals surface area (Å²) in [4.78, 5) is 0. The van der Waals surface area contributed by atoms with E-state index in [-0.39, 0.29) is 52.1 Å². The molecule has 0 aliphatic carbocycles. The first-order valence-corrected chi connectivity index (χ1v) is 26.8. The zero-order valence-electron chi connectivity index (χ0n) is 78.2. The number of benzene rings is 16. The van der Waals surface area contributed by atoms with Crippen LogP contribution in [0.1, 0.15) is 68.9 Å². The topological polar surface area (TPSA) is 13.1 Å². The van der Waals surface area contributed by atoms with Crippen LogP contribution in [0.15, 0.2) is 319 Å². The Kier molecular flexibility index (Phi) is 6.51. The molecule has 1 heteroatoms. The van der Waals surface area contributed by atoms with Crippen LogP contribution in [0.4, 0.5) is 0 Å². The van der Waals surface area contributed by atoms with Gasteiger partial charge in [-0.25, -0.2) is 0 Å². The molecule has 1 aromatic heterocycles. The van der Waals surface area contributed by atoms with Crippen LogP contribution in [0.5, 0.6) is 0 Å². The van der Waals surface area contributed by atoms with Gasteiger partial charge in [0.1, 0.15) is 11.2 Å². The van der Waals surface area contributed by atoms with Gasteiger partial charge in [-0.3, -0.25) is 0 Å². The normalized spacial score (nSPS) is 17.2. The van der Waals surface area contributed by atoms with Crippen LogP contribution in [0, 0.1) is 0 Å². The predicted octanol–water partition coefficient (Wildman–Crippen LogP) is 23.2. The van der Waals surface area contributed by atoms with Crippen LogP contribution in [0.3, 0.4) is 0 Å². The summed E-state index contributed by atoms with van der Waals surface area (Å²) in [6.45, 7) is 0. The van der Waals surface area contributed by atoms with E-state index in [0.29, 0.717) is 22.3 Å². The molecule has 0 fully saturated rings. The van der Waals surface area contributed by atoms with Crippen LogP contribution in [0.25, 0.3) is 142 Å². The number of fused-ring (bicyclic) bond motifs is 11. The third-order valence-corrected chi connectivity index (χ3v) is 15.1. The fourth-order valence-corrected chi connectivity index (χ4v) is 11.3. The Morgan fingerprint density at radius 3 is 1.48 bits per heavy atom. The molecule has 0 unspecified atom stereocenters. The largest absolute Gasteiger partial charge is 0.455 e. The van der Waals surface area contributed by atoms with Gasteiger partial charge in [0.2, 0.25) is 0 Å². The lowest BCUT2D eigenvalue weighted by molar-refractivity contribution is 0.672. The van der Waals surface area contributed by atoms with Crippen molar-refractivity contribution in [2.45, 2.75) is 12.8 Å². The Morgan fingerprint density at radius 1 is 0.282 bits per heavy atom. The monoisotopic (exact) mass is 1110 g/mol. The molecule has 0 saturated carbocycles. The average Bonchev–Trinajstić information content (AvgIpc) is 0.985. The van der Waals surface area contributed by atoms with Gasteiger partial charge in [0.05, 0.1) is 46.6 Å². The van der Waals surface area contributed by atoms with Gasteiger partial charge in [0, 0.05) is 16.2 Å². The first-order valence-electron chi connectivity index (χ1n) is 43.8. The highest BCUT2D eigenvalue weighted by atomic mass is 16.3. The lowest BCUT2D eigenvalue weighted by atomic mass is 9.85. The molecule has 0 saturated heterocycles. The molecule has 16 aromatic carbocycles. The summed E-state index contributed by atoms with van der Waals surface area (Å²) >= 11 is 0. The highest BCUT2D eigenvalue weighted by Gasteiger charge is 2.21. The Morgan fingerprint density at radius 2 is 0.800 bits per heavy atom. The van der Waals surface area contributed by atoms with Crippen molar-refractivity contribution in [2.75, 3.05) is 0 Å². The van der Waals surface area contributed by atoms with Crippen molar-refractivity contribution >= 4 is 97.3 Å². The van der Waals surface area contributed by atoms with Crippen molar-refractivity contribution < 1.29 is 51.0 Å². The van der Waals surface area contributed by atoms with E-state index in [1.807, 2.05) is 109 Å². The van der Waals surface area contributed by atoms with E-state index in [1.165, 1.54) is 0 Å². The molecule has 0 spiro atoms. The van der Waals surface area contributed by atoms with E-state index in [1.54, 1.807) is 0 Å². The highest BCUT2D eigenvalue weighted by Crippen LogP contribution is 2.45. The fraction of sp³-hybridized carbons (Fsp3) is 0.0238. The van der Waals surface area contributed by atoms with Crippen molar-refractivity contribution in [3.8, 4) is 44.5 Å². The number of furan rings is 1. The molecule has 0 N–H and O–H groups in total.